The second kappa shape index (κ2) is 4.78. The van der Waals surface area contributed by atoms with E-state index in [9.17, 15) is 10.1 Å². The number of rotatable bonds is 3. The van der Waals surface area contributed by atoms with Crippen molar-refractivity contribution in [3.05, 3.63) is 75.3 Å². The maximum atomic E-state index is 10.9. The van der Waals surface area contributed by atoms with Crippen LogP contribution < -0.4 is 0 Å². The monoisotopic (exact) mass is 227 g/mol. The van der Waals surface area contributed by atoms with E-state index in [2.05, 4.69) is 0 Å². The molecule has 3 heteroatoms. The summed E-state index contributed by atoms with van der Waals surface area (Å²) in [5.74, 6) is 0. The van der Waals surface area contributed by atoms with Gasteiger partial charge in [-0.05, 0) is 18.1 Å². The average molecular weight is 227 g/mol. The summed E-state index contributed by atoms with van der Waals surface area (Å²) < 4.78 is 0. The number of aryl methyl sites for hydroxylation is 1. The summed E-state index contributed by atoms with van der Waals surface area (Å²) in [4.78, 5) is 10.6. The van der Waals surface area contributed by atoms with E-state index in [1.54, 1.807) is 12.1 Å². The predicted octanol–water partition coefficient (Wildman–Crippen LogP) is 3.49. The first kappa shape index (κ1) is 11.3. The summed E-state index contributed by atoms with van der Waals surface area (Å²) >= 11 is 0. The smallest absolute Gasteiger partial charge is 0.258 e. The third-order valence-electron chi connectivity index (χ3n) is 2.83. The van der Waals surface area contributed by atoms with E-state index in [-0.39, 0.29) is 10.6 Å². The number of para-hydroxylation sites is 1. The Morgan fingerprint density at radius 3 is 2.24 bits per heavy atom. The molecule has 0 aromatic heterocycles. The lowest BCUT2D eigenvalue weighted by atomic mass is 10.00. The van der Waals surface area contributed by atoms with Gasteiger partial charge in [-0.25, -0.2) is 0 Å². The number of hydrogen-bond acceptors (Lipinski definition) is 2. The van der Waals surface area contributed by atoms with Crippen LogP contribution in [0.2, 0.25) is 0 Å². The van der Waals surface area contributed by atoms with Crippen LogP contribution in [-0.4, -0.2) is 4.92 Å². The molecule has 0 aliphatic rings. The van der Waals surface area contributed by atoms with Crippen LogP contribution in [0, 0.1) is 17.0 Å². The molecule has 0 saturated heterocycles. The van der Waals surface area contributed by atoms with Gasteiger partial charge in [-0.2, -0.15) is 0 Å². The Kier molecular flexibility index (Phi) is 3.19. The molecular formula is C14H13NO2. The first-order valence-corrected chi connectivity index (χ1v) is 5.45. The van der Waals surface area contributed by atoms with Gasteiger partial charge in [0.25, 0.3) is 5.69 Å². The van der Waals surface area contributed by atoms with Crippen molar-refractivity contribution in [2.75, 3.05) is 0 Å². The second-order valence-electron chi connectivity index (χ2n) is 3.99. The molecule has 0 radical (unpaired) electrons. The van der Waals surface area contributed by atoms with Gasteiger partial charge in [-0.1, -0.05) is 42.5 Å². The molecule has 0 bridgehead atoms. The highest BCUT2D eigenvalue weighted by atomic mass is 16.6. The zero-order valence-electron chi connectivity index (χ0n) is 9.59. The zero-order valence-corrected chi connectivity index (χ0v) is 9.59. The minimum absolute atomic E-state index is 0.191. The molecule has 0 unspecified atom stereocenters. The van der Waals surface area contributed by atoms with Crippen molar-refractivity contribution in [1.29, 1.82) is 0 Å². The fourth-order valence-electron chi connectivity index (χ4n) is 1.85. The highest BCUT2D eigenvalue weighted by molar-refractivity contribution is 5.44. The summed E-state index contributed by atoms with van der Waals surface area (Å²) in [6, 6.07) is 14.8. The number of hydrogen-bond donors (Lipinski definition) is 0. The lowest BCUT2D eigenvalue weighted by Gasteiger charge is -2.06. The van der Waals surface area contributed by atoms with Gasteiger partial charge in [0.05, 0.1) is 4.92 Å². The molecule has 0 aliphatic carbocycles. The van der Waals surface area contributed by atoms with E-state index in [1.807, 2.05) is 43.3 Å². The topological polar surface area (TPSA) is 43.1 Å². The Balaban J connectivity index is 2.37. The van der Waals surface area contributed by atoms with Gasteiger partial charge in [0.2, 0.25) is 0 Å². The van der Waals surface area contributed by atoms with Gasteiger partial charge < -0.3 is 0 Å². The molecule has 0 heterocycles. The lowest BCUT2D eigenvalue weighted by molar-refractivity contribution is -0.385. The van der Waals surface area contributed by atoms with Crippen LogP contribution in [0.25, 0.3) is 0 Å². The van der Waals surface area contributed by atoms with E-state index in [1.165, 1.54) is 0 Å². The Morgan fingerprint density at radius 2 is 1.59 bits per heavy atom. The maximum absolute atomic E-state index is 10.9. The second-order valence-corrected chi connectivity index (χ2v) is 3.99. The standard InChI is InChI=1S/C14H13NO2/c1-11-6-2-3-7-12(11)10-13-8-4-5-9-14(13)15(16)17/h2-9H,10H2,1H3. The van der Waals surface area contributed by atoms with Crippen molar-refractivity contribution in [3.63, 3.8) is 0 Å². The first-order valence-electron chi connectivity index (χ1n) is 5.45. The summed E-state index contributed by atoms with van der Waals surface area (Å²) in [5, 5.41) is 10.9. The van der Waals surface area contributed by atoms with Crippen LogP contribution in [0.1, 0.15) is 16.7 Å². The SMILES string of the molecule is Cc1ccccc1Cc1ccccc1[N+](=O)[O-]. The van der Waals surface area contributed by atoms with Gasteiger partial charge in [-0.3, -0.25) is 10.1 Å². The maximum Gasteiger partial charge on any atom is 0.272 e. The molecule has 3 nitrogen and oxygen atoms in total. The molecule has 0 atom stereocenters. The number of nitrogens with zero attached hydrogens (tertiary/aromatic N) is 1. The van der Waals surface area contributed by atoms with Gasteiger partial charge in [0.1, 0.15) is 0 Å². The molecule has 17 heavy (non-hydrogen) atoms. The molecule has 2 aromatic rings. The molecule has 0 aliphatic heterocycles. The highest BCUT2D eigenvalue weighted by Gasteiger charge is 2.12. The Bertz CT molecular complexity index is 549. The molecule has 0 saturated carbocycles. The van der Waals surface area contributed by atoms with Crippen LogP contribution in [0.5, 0.6) is 0 Å². The fourth-order valence-corrected chi connectivity index (χ4v) is 1.85. The van der Waals surface area contributed by atoms with Crippen LogP contribution in [-0.2, 0) is 6.42 Å². The minimum atomic E-state index is -0.326. The van der Waals surface area contributed by atoms with Crippen molar-refractivity contribution in [2.45, 2.75) is 13.3 Å². The summed E-state index contributed by atoms with van der Waals surface area (Å²) in [5.41, 5.74) is 3.23. The molecule has 0 amide bonds. The van der Waals surface area contributed by atoms with Crippen LogP contribution in [0.3, 0.4) is 0 Å². The third-order valence-corrected chi connectivity index (χ3v) is 2.83. The van der Waals surface area contributed by atoms with Crippen LogP contribution >= 0.6 is 0 Å². The average Bonchev–Trinajstić information content (AvgIpc) is 2.32. The van der Waals surface area contributed by atoms with E-state index in [4.69, 9.17) is 0 Å². The van der Waals surface area contributed by atoms with Crippen molar-refractivity contribution in [2.24, 2.45) is 0 Å². The normalized spacial score (nSPS) is 10.2. The summed E-state index contributed by atoms with van der Waals surface area (Å²) in [6.45, 7) is 2.02. The lowest BCUT2D eigenvalue weighted by Crippen LogP contribution is -1.97. The van der Waals surface area contributed by atoms with E-state index in [0.717, 1.165) is 16.7 Å². The van der Waals surface area contributed by atoms with Crippen molar-refractivity contribution >= 4 is 5.69 Å². The van der Waals surface area contributed by atoms with Gasteiger partial charge in [0, 0.05) is 18.1 Å². The molecule has 0 spiro atoms. The third kappa shape index (κ3) is 2.50. The van der Waals surface area contributed by atoms with E-state index >= 15 is 0 Å². The fraction of sp³-hybridized carbons (Fsp3) is 0.143. The molecule has 2 rings (SSSR count). The summed E-state index contributed by atoms with van der Waals surface area (Å²) in [7, 11) is 0. The zero-order chi connectivity index (χ0) is 12.3. The van der Waals surface area contributed by atoms with E-state index in [0.29, 0.717) is 6.42 Å². The predicted molar refractivity (Wildman–Crippen MR) is 67.1 cm³/mol. The van der Waals surface area contributed by atoms with E-state index < -0.39 is 0 Å². The van der Waals surface area contributed by atoms with Gasteiger partial charge in [-0.15, -0.1) is 0 Å². The molecule has 0 N–H and O–H groups in total. The number of benzene rings is 2. The van der Waals surface area contributed by atoms with Crippen molar-refractivity contribution < 1.29 is 4.92 Å². The minimum Gasteiger partial charge on any atom is -0.258 e. The number of nitro groups is 1. The van der Waals surface area contributed by atoms with Crippen LogP contribution in [0.15, 0.2) is 48.5 Å². The van der Waals surface area contributed by atoms with Crippen molar-refractivity contribution in [1.82, 2.24) is 0 Å². The molecule has 2 aromatic carbocycles. The summed E-state index contributed by atoms with van der Waals surface area (Å²) in [6.07, 6.45) is 0.601. The van der Waals surface area contributed by atoms with Gasteiger partial charge in [0.15, 0.2) is 0 Å². The largest absolute Gasteiger partial charge is 0.272 e. The quantitative estimate of drug-likeness (QED) is 0.595. The Hall–Kier alpha value is -2.16. The van der Waals surface area contributed by atoms with Crippen LogP contribution in [0.4, 0.5) is 5.69 Å². The van der Waals surface area contributed by atoms with Gasteiger partial charge >= 0.3 is 0 Å². The Morgan fingerprint density at radius 1 is 1.00 bits per heavy atom. The Labute approximate surface area is 99.9 Å². The highest BCUT2D eigenvalue weighted by Crippen LogP contribution is 2.22. The number of nitro benzene ring substituents is 1. The molecular weight excluding hydrogens is 214 g/mol. The molecule has 86 valence electrons. The first-order chi connectivity index (χ1) is 8.18. The van der Waals surface area contributed by atoms with Crippen molar-refractivity contribution in [3.8, 4) is 0 Å². The molecule has 0 fully saturated rings.